The second kappa shape index (κ2) is 5.21. The van der Waals surface area contributed by atoms with Crippen LogP contribution in [-0.4, -0.2) is 0 Å². The predicted molar refractivity (Wildman–Crippen MR) is 66.1 cm³/mol. The van der Waals surface area contributed by atoms with Crippen LogP contribution in [0.5, 0.6) is 0 Å². The van der Waals surface area contributed by atoms with Gasteiger partial charge in [-0.1, -0.05) is 11.6 Å². The molecule has 0 radical (unpaired) electrons. The van der Waals surface area contributed by atoms with Crippen molar-refractivity contribution in [2.45, 2.75) is 33.0 Å². The first-order chi connectivity index (χ1) is 7.77. The quantitative estimate of drug-likeness (QED) is 0.731. The fourth-order valence-corrected chi connectivity index (χ4v) is 2.56. The van der Waals surface area contributed by atoms with Crippen LogP contribution < -0.4 is 0 Å². The van der Waals surface area contributed by atoms with Crippen molar-refractivity contribution < 1.29 is 9.47 Å². The summed E-state index contributed by atoms with van der Waals surface area (Å²) in [7, 11) is 0. The molecule has 0 saturated carbocycles. The lowest BCUT2D eigenvalue weighted by Gasteiger charge is -2.10. The molecule has 1 aliphatic rings. The zero-order chi connectivity index (χ0) is 11.4. The van der Waals surface area contributed by atoms with E-state index >= 15 is 0 Å². The molecular formula is C13H16O2S. The van der Waals surface area contributed by atoms with Gasteiger partial charge in [0.1, 0.15) is 12.5 Å². The number of aryl methyl sites for hydroxylation is 1. The standard InChI is InChI=1S/C13H16O2S/c1-10(2)4-3-5-11-6-9-16-12(11)13-14-7-8-15-13/h4,6-9,13H,3,5H2,1-2H3. The molecule has 0 fully saturated rings. The summed E-state index contributed by atoms with van der Waals surface area (Å²) in [5.74, 6) is 0. The van der Waals surface area contributed by atoms with Crippen LogP contribution in [0.25, 0.3) is 0 Å². The zero-order valence-corrected chi connectivity index (χ0v) is 10.4. The molecule has 0 unspecified atom stereocenters. The minimum Gasteiger partial charge on any atom is -0.454 e. The highest BCUT2D eigenvalue weighted by Gasteiger charge is 2.20. The molecule has 2 rings (SSSR count). The highest BCUT2D eigenvalue weighted by Crippen LogP contribution is 2.32. The number of hydrogen-bond donors (Lipinski definition) is 0. The van der Waals surface area contributed by atoms with Crippen molar-refractivity contribution in [1.82, 2.24) is 0 Å². The van der Waals surface area contributed by atoms with E-state index in [4.69, 9.17) is 9.47 Å². The zero-order valence-electron chi connectivity index (χ0n) is 9.60. The summed E-state index contributed by atoms with van der Waals surface area (Å²) in [6, 6.07) is 2.16. The van der Waals surface area contributed by atoms with E-state index in [0.29, 0.717) is 0 Å². The van der Waals surface area contributed by atoms with E-state index in [1.807, 2.05) is 0 Å². The van der Waals surface area contributed by atoms with E-state index in [9.17, 15) is 0 Å². The Morgan fingerprint density at radius 1 is 1.38 bits per heavy atom. The van der Waals surface area contributed by atoms with Crippen molar-refractivity contribution in [3.05, 3.63) is 46.1 Å². The van der Waals surface area contributed by atoms with Crippen molar-refractivity contribution in [3.8, 4) is 0 Å². The van der Waals surface area contributed by atoms with E-state index in [1.54, 1.807) is 23.9 Å². The van der Waals surface area contributed by atoms with Crippen molar-refractivity contribution in [3.63, 3.8) is 0 Å². The molecule has 0 aromatic carbocycles. The highest BCUT2D eigenvalue weighted by atomic mass is 32.1. The van der Waals surface area contributed by atoms with Crippen LogP contribution in [0.1, 0.15) is 37.0 Å². The minimum atomic E-state index is -0.221. The fourth-order valence-electron chi connectivity index (χ4n) is 1.64. The van der Waals surface area contributed by atoms with Gasteiger partial charge >= 0.3 is 0 Å². The second-order valence-corrected chi connectivity index (χ2v) is 4.95. The van der Waals surface area contributed by atoms with E-state index < -0.39 is 0 Å². The third-order valence-electron chi connectivity index (χ3n) is 2.42. The average Bonchev–Trinajstić information content (AvgIpc) is 2.84. The Balaban J connectivity index is 1.99. The molecule has 0 amide bonds. The van der Waals surface area contributed by atoms with Gasteiger partial charge in [-0.2, -0.15) is 0 Å². The SMILES string of the molecule is CC(C)=CCCc1ccsc1C1OC=CO1. The van der Waals surface area contributed by atoms with Crippen LogP contribution >= 0.6 is 11.3 Å². The Hall–Kier alpha value is -1.22. The maximum absolute atomic E-state index is 5.36. The van der Waals surface area contributed by atoms with Gasteiger partial charge in [0, 0.05) is 0 Å². The summed E-state index contributed by atoms with van der Waals surface area (Å²) in [6.07, 6.45) is 7.37. The largest absolute Gasteiger partial charge is 0.454 e. The summed E-state index contributed by atoms with van der Waals surface area (Å²) in [5.41, 5.74) is 2.70. The summed E-state index contributed by atoms with van der Waals surface area (Å²) in [4.78, 5) is 1.19. The molecule has 2 nitrogen and oxygen atoms in total. The number of hydrogen-bond acceptors (Lipinski definition) is 3. The molecule has 16 heavy (non-hydrogen) atoms. The van der Waals surface area contributed by atoms with Crippen LogP contribution in [0.15, 0.2) is 35.6 Å². The first-order valence-corrected chi connectivity index (χ1v) is 6.31. The molecule has 2 heterocycles. The number of rotatable bonds is 4. The Labute approximate surface area is 100 Å². The topological polar surface area (TPSA) is 18.5 Å². The lowest BCUT2D eigenvalue weighted by Crippen LogP contribution is -1.98. The smallest absolute Gasteiger partial charge is 0.275 e. The monoisotopic (exact) mass is 236 g/mol. The molecule has 1 aliphatic heterocycles. The van der Waals surface area contributed by atoms with Gasteiger partial charge in [-0.15, -0.1) is 11.3 Å². The first-order valence-electron chi connectivity index (χ1n) is 5.43. The van der Waals surface area contributed by atoms with Crippen molar-refractivity contribution in [2.24, 2.45) is 0 Å². The Morgan fingerprint density at radius 3 is 2.81 bits per heavy atom. The molecular weight excluding hydrogens is 220 g/mol. The van der Waals surface area contributed by atoms with E-state index in [-0.39, 0.29) is 6.29 Å². The predicted octanol–water partition coefficient (Wildman–Crippen LogP) is 4.16. The molecule has 0 aliphatic carbocycles. The molecule has 3 heteroatoms. The van der Waals surface area contributed by atoms with Gasteiger partial charge in [0.2, 0.25) is 0 Å². The van der Waals surface area contributed by atoms with Crippen LogP contribution in [0.3, 0.4) is 0 Å². The fraction of sp³-hybridized carbons (Fsp3) is 0.385. The molecule has 1 aromatic rings. The lowest BCUT2D eigenvalue weighted by molar-refractivity contribution is -0.0222. The third kappa shape index (κ3) is 2.67. The normalized spacial score (nSPS) is 14.6. The van der Waals surface area contributed by atoms with Crippen LogP contribution in [-0.2, 0) is 15.9 Å². The van der Waals surface area contributed by atoms with Crippen LogP contribution in [0.4, 0.5) is 0 Å². The summed E-state index contributed by atoms with van der Waals surface area (Å²) in [6.45, 7) is 4.25. The Kier molecular flexibility index (Phi) is 3.67. The lowest BCUT2D eigenvalue weighted by atomic mass is 10.1. The van der Waals surface area contributed by atoms with Gasteiger partial charge in [-0.05, 0) is 43.7 Å². The number of thiophene rings is 1. The Morgan fingerprint density at radius 2 is 2.12 bits per heavy atom. The van der Waals surface area contributed by atoms with Crippen molar-refractivity contribution >= 4 is 11.3 Å². The molecule has 86 valence electrons. The number of allylic oxidation sites excluding steroid dienone is 2. The summed E-state index contributed by atoms with van der Waals surface area (Å²) >= 11 is 1.69. The van der Waals surface area contributed by atoms with Crippen molar-refractivity contribution in [2.75, 3.05) is 0 Å². The molecule has 0 N–H and O–H groups in total. The molecule has 1 aromatic heterocycles. The molecule has 0 spiro atoms. The third-order valence-corrected chi connectivity index (χ3v) is 3.40. The van der Waals surface area contributed by atoms with E-state index in [1.165, 1.54) is 16.0 Å². The second-order valence-electron chi connectivity index (χ2n) is 4.01. The molecule has 0 bridgehead atoms. The van der Waals surface area contributed by atoms with Gasteiger partial charge in [0.15, 0.2) is 0 Å². The average molecular weight is 236 g/mol. The van der Waals surface area contributed by atoms with Crippen molar-refractivity contribution in [1.29, 1.82) is 0 Å². The van der Waals surface area contributed by atoms with Gasteiger partial charge in [0.05, 0.1) is 4.88 Å². The molecule has 0 atom stereocenters. The highest BCUT2D eigenvalue weighted by molar-refractivity contribution is 7.10. The summed E-state index contributed by atoms with van der Waals surface area (Å²) < 4.78 is 10.7. The number of ether oxygens (including phenoxy) is 2. The van der Waals surface area contributed by atoms with Gasteiger partial charge in [0.25, 0.3) is 6.29 Å². The van der Waals surface area contributed by atoms with Gasteiger partial charge in [-0.3, -0.25) is 0 Å². The van der Waals surface area contributed by atoms with E-state index in [0.717, 1.165) is 12.8 Å². The van der Waals surface area contributed by atoms with Gasteiger partial charge in [-0.25, -0.2) is 0 Å². The van der Waals surface area contributed by atoms with E-state index in [2.05, 4.69) is 31.4 Å². The first kappa shape index (κ1) is 11.3. The summed E-state index contributed by atoms with van der Waals surface area (Å²) in [5, 5.41) is 2.10. The maximum atomic E-state index is 5.36. The van der Waals surface area contributed by atoms with Crippen LogP contribution in [0, 0.1) is 0 Å². The van der Waals surface area contributed by atoms with Gasteiger partial charge < -0.3 is 9.47 Å². The minimum absolute atomic E-state index is 0.221. The maximum Gasteiger partial charge on any atom is 0.275 e. The molecule has 0 saturated heterocycles. The van der Waals surface area contributed by atoms with Crippen LogP contribution in [0.2, 0.25) is 0 Å². The Bertz CT molecular complexity index is 392.